The number of halogens is 4. The molecular formula is C10H10ClF3. The van der Waals surface area contributed by atoms with E-state index < -0.39 is 12.1 Å². The third kappa shape index (κ3) is 2.64. The fourth-order valence-corrected chi connectivity index (χ4v) is 1.58. The van der Waals surface area contributed by atoms with Gasteiger partial charge in [0.1, 0.15) is 0 Å². The van der Waals surface area contributed by atoms with Gasteiger partial charge in [0, 0.05) is 5.02 Å². The summed E-state index contributed by atoms with van der Waals surface area (Å²) < 4.78 is 37.5. The summed E-state index contributed by atoms with van der Waals surface area (Å²) in [5.74, 6) is -1.42. The van der Waals surface area contributed by atoms with Crippen LogP contribution < -0.4 is 0 Å². The molecule has 0 N–H and O–H groups in total. The lowest BCUT2D eigenvalue weighted by atomic mass is 9.96. The van der Waals surface area contributed by atoms with Crippen LogP contribution in [-0.4, -0.2) is 6.18 Å². The molecule has 0 saturated carbocycles. The van der Waals surface area contributed by atoms with E-state index in [1.165, 1.54) is 25.1 Å². The summed E-state index contributed by atoms with van der Waals surface area (Å²) in [5.41, 5.74) is 0.229. The van der Waals surface area contributed by atoms with Crippen LogP contribution in [0.3, 0.4) is 0 Å². The fraction of sp³-hybridized carbons (Fsp3) is 0.400. The van der Waals surface area contributed by atoms with E-state index >= 15 is 0 Å². The molecule has 1 rings (SSSR count). The molecule has 0 radical (unpaired) electrons. The Bertz CT molecular complexity index is 306. The Morgan fingerprint density at radius 2 is 2.00 bits per heavy atom. The number of hydrogen-bond donors (Lipinski definition) is 0. The van der Waals surface area contributed by atoms with Crippen molar-refractivity contribution in [1.82, 2.24) is 0 Å². The minimum Gasteiger partial charge on any atom is -0.170 e. The summed E-state index contributed by atoms with van der Waals surface area (Å²) >= 11 is 5.63. The lowest BCUT2D eigenvalue weighted by Crippen LogP contribution is -2.19. The molecule has 1 aromatic carbocycles. The van der Waals surface area contributed by atoms with Crippen molar-refractivity contribution < 1.29 is 13.2 Å². The van der Waals surface area contributed by atoms with Crippen molar-refractivity contribution >= 4 is 11.6 Å². The van der Waals surface area contributed by atoms with E-state index in [-0.39, 0.29) is 12.0 Å². The number of hydrogen-bond acceptors (Lipinski definition) is 0. The molecule has 78 valence electrons. The zero-order valence-corrected chi connectivity index (χ0v) is 8.36. The van der Waals surface area contributed by atoms with Crippen molar-refractivity contribution in [2.75, 3.05) is 0 Å². The van der Waals surface area contributed by atoms with E-state index in [1.807, 2.05) is 0 Å². The van der Waals surface area contributed by atoms with Crippen molar-refractivity contribution in [3.05, 3.63) is 34.9 Å². The maximum Gasteiger partial charge on any atom is 0.395 e. The zero-order chi connectivity index (χ0) is 10.8. The van der Waals surface area contributed by atoms with Gasteiger partial charge in [-0.3, -0.25) is 0 Å². The van der Waals surface area contributed by atoms with Crippen LogP contribution in [0.2, 0.25) is 5.02 Å². The quantitative estimate of drug-likeness (QED) is 0.696. The van der Waals surface area contributed by atoms with Crippen molar-refractivity contribution in [3.63, 3.8) is 0 Å². The van der Waals surface area contributed by atoms with E-state index in [0.717, 1.165) is 0 Å². The van der Waals surface area contributed by atoms with Crippen LogP contribution >= 0.6 is 11.6 Å². The van der Waals surface area contributed by atoms with Gasteiger partial charge in [-0.2, -0.15) is 13.2 Å². The van der Waals surface area contributed by atoms with Gasteiger partial charge >= 0.3 is 6.18 Å². The fourth-order valence-electron chi connectivity index (χ4n) is 1.38. The Balaban J connectivity index is 3.01. The minimum atomic E-state index is -4.20. The smallest absolute Gasteiger partial charge is 0.170 e. The Labute approximate surface area is 85.7 Å². The molecule has 0 aliphatic heterocycles. The van der Waals surface area contributed by atoms with Gasteiger partial charge in [0.05, 0.1) is 5.92 Å². The Morgan fingerprint density at radius 3 is 2.43 bits per heavy atom. The second kappa shape index (κ2) is 4.22. The maximum atomic E-state index is 12.5. The van der Waals surface area contributed by atoms with Gasteiger partial charge in [-0.1, -0.05) is 30.7 Å². The second-order valence-corrected chi connectivity index (χ2v) is 3.49. The van der Waals surface area contributed by atoms with Gasteiger partial charge in [-0.25, -0.2) is 0 Å². The van der Waals surface area contributed by atoms with Crippen molar-refractivity contribution in [1.29, 1.82) is 0 Å². The summed E-state index contributed by atoms with van der Waals surface area (Å²) in [4.78, 5) is 0. The van der Waals surface area contributed by atoms with E-state index in [9.17, 15) is 13.2 Å². The third-order valence-corrected chi connectivity index (χ3v) is 2.29. The van der Waals surface area contributed by atoms with Gasteiger partial charge in [-0.05, 0) is 24.1 Å². The molecule has 0 bridgehead atoms. The van der Waals surface area contributed by atoms with Gasteiger partial charge in [0.25, 0.3) is 0 Å². The molecule has 0 nitrogen and oxygen atoms in total. The first-order chi connectivity index (χ1) is 6.45. The maximum absolute atomic E-state index is 12.5. The number of rotatable bonds is 2. The van der Waals surface area contributed by atoms with E-state index in [1.54, 1.807) is 6.07 Å². The van der Waals surface area contributed by atoms with Crippen LogP contribution in [-0.2, 0) is 0 Å². The highest BCUT2D eigenvalue weighted by Crippen LogP contribution is 2.37. The number of alkyl halides is 3. The molecule has 0 amide bonds. The first-order valence-electron chi connectivity index (χ1n) is 4.27. The first-order valence-corrected chi connectivity index (χ1v) is 4.65. The zero-order valence-electron chi connectivity index (χ0n) is 7.61. The Hall–Kier alpha value is -0.700. The van der Waals surface area contributed by atoms with Crippen LogP contribution in [0.5, 0.6) is 0 Å². The van der Waals surface area contributed by atoms with Gasteiger partial charge < -0.3 is 0 Å². The highest BCUT2D eigenvalue weighted by atomic mass is 35.5. The summed E-state index contributed by atoms with van der Waals surface area (Å²) in [6.45, 7) is 1.51. The summed E-state index contributed by atoms with van der Waals surface area (Å²) in [6, 6.07) is 5.91. The normalized spacial score (nSPS) is 14.1. The van der Waals surface area contributed by atoms with Crippen LogP contribution in [0.25, 0.3) is 0 Å². The summed E-state index contributed by atoms with van der Waals surface area (Å²) in [5, 5.41) is 0.338. The highest BCUT2D eigenvalue weighted by molar-refractivity contribution is 6.30. The largest absolute Gasteiger partial charge is 0.395 e. The van der Waals surface area contributed by atoms with Crippen molar-refractivity contribution in [2.24, 2.45) is 0 Å². The van der Waals surface area contributed by atoms with Crippen molar-refractivity contribution in [2.45, 2.75) is 25.4 Å². The average Bonchev–Trinajstić information content (AvgIpc) is 2.02. The molecule has 0 heterocycles. The van der Waals surface area contributed by atoms with E-state index in [2.05, 4.69) is 0 Å². The van der Waals surface area contributed by atoms with Crippen LogP contribution in [0.1, 0.15) is 24.8 Å². The van der Waals surface area contributed by atoms with Crippen LogP contribution in [0.4, 0.5) is 13.2 Å². The average molecular weight is 223 g/mol. The summed E-state index contributed by atoms with van der Waals surface area (Å²) in [7, 11) is 0. The predicted molar refractivity (Wildman–Crippen MR) is 50.5 cm³/mol. The molecule has 1 unspecified atom stereocenters. The lowest BCUT2D eigenvalue weighted by molar-refractivity contribution is -0.151. The van der Waals surface area contributed by atoms with Crippen molar-refractivity contribution in [3.8, 4) is 0 Å². The summed E-state index contributed by atoms with van der Waals surface area (Å²) in [6.07, 6.45) is -4.16. The molecule has 14 heavy (non-hydrogen) atoms. The van der Waals surface area contributed by atoms with E-state index in [4.69, 9.17) is 11.6 Å². The molecule has 1 atom stereocenters. The SMILES string of the molecule is CCC(c1cccc(Cl)c1)C(F)(F)F. The molecule has 0 spiro atoms. The molecule has 0 saturated heterocycles. The topological polar surface area (TPSA) is 0 Å². The molecular weight excluding hydrogens is 213 g/mol. The van der Waals surface area contributed by atoms with Crippen LogP contribution in [0, 0.1) is 0 Å². The molecule has 0 fully saturated rings. The van der Waals surface area contributed by atoms with Gasteiger partial charge in [0.2, 0.25) is 0 Å². The standard InChI is InChI=1S/C10H10ClF3/c1-2-9(10(12,13)14)7-4-3-5-8(11)6-7/h3-6,9H,2H2,1H3. The molecule has 0 aliphatic rings. The monoisotopic (exact) mass is 222 g/mol. The van der Waals surface area contributed by atoms with Gasteiger partial charge in [-0.15, -0.1) is 0 Å². The molecule has 0 aromatic heterocycles. The third-order valence-electron chi connectivity index (χ3n) is 2.05. The molecule has 4 heteroatoms. The Morgan fingerprint density at radius 1 is 1.36 bits per heavy atom. The first kappa shape index (κ1) is 11.4. The predicted octanol–water partition coefficient (Wildman–Crippen LogP) is 4.40. The highest BCUT2D eigenvalue weighted by Gasteiger charge is 2.39. The molecule has 1 aromatic rings. The van der Waals surface area contributed by atoms with E-state index in [0.29, 0.717) is 5.02 Å². The number of benzene rings is 1. The van der Waals surface area contributed by atoms with Gasteiger partial charge in [0.15, 0.2) is 0 Å². The Kier molecular flexibility index (Phi) is 3.43. The second-order valence-electron chi connectivity index (χ2n) is 3.06. The van der Waals surface area contributed by atoms with Crippen LogP contribution in [0.15, 0.2) is 24.3 Å². The minimum absolute atomic E-state index is 0.0316. The molecule has 0 aliphatic carbocycles. The lowest BCUT2D eigenvalue weighted by Gasteiger charge is -2.18.